The molecule has 7 nitrogen and oxygen atoms in total. The van der Waals surface area contributed by atoms with Crippen LogP contribution in [0.4, 0.5) is 0 Å². The third-order valence-electron chi connectivity index (χ3n) is 5.06. The third kappa shape index (κ3) is 6.81. The molecule has 0 bridgehead atoms. The summed E-state index contributed by atoms with van der Waals surface area (Å²) in [5.74, 6) is -0.798. The fourth-order valence-corrected chi connectivity index (χ4v) is 3.98. The summed E-state index contributed by atoms with van der Waals surface area (Å²) in [6, 6.07) is 11.7. The number of benzene rings is 2. The lowest BCUT2D eigenvalue weighted by Crippen LogP contribution is -2.29. The average Bonchev–Trinajstić information content (AvgIpc) is 3.13. The molecule has 34 heavy (non-hydrogen) atoms. The average molecular weight is 504 g/mol. The van der Waals surface area contributed by atoms with E-state index in [0.29, 0.717) is 26.9 Å². The van der Waals surface area contributed by atoms with Gasteiger partial charge in [0.1, 0.15) is 5.60 Å². The van der Waals surface area contributed by atoms with Crippen LogP contribution in [0.1, 0.15) is 68.1 Å². The van der Waals surface area contributed by atoms with Crippen molar-refractivity contribution in [2.75, 3.05) is 6.54 Å². The first-order chi connectivity index (χ1) is 15.9. The maximum absolute atomic E-state index is 12.6. The van der Waals surface area contributed by atoms with E-state index >= 15 is 0 Å². The first-order valence-electron chi connectivity index (χ1n) is 10.9. The van der Waals surface area contributed by atoms with Crippen LogP contribution in [0.5, 0.6) is 0 Å². The second-order valence-electron chi connectivity index (χ2n) is 9.01. The van der Waals surface area contributed by atoms with Crippen molar-refractivity contribution < 1.29 is 19.1 Å². The predicted octanol–water partition coefficient (Wildman–Crippen LogP) is 5.15. The Kier molecular flexibility index (Phi) is 8.00. The summed E-state index contributed by atoms with van der Waals surface area (Å²) in [7, 11) is 0. The number of rotatable bonds is 7. The summed E-state index contributed by atoms with van der Waals surface area (Å²) in [6.07, 6.45) is 0.243. The molecular formula is C25H27Cl2N3O4. The largest absolute Gasteiger partial charge is 0.460 e. The van der Waals surface area contributed by atoms with Gasteiger partial charge < -0.3 is 10.1 Å². The third-order valence-corrected chi connectivity index (χ3v) is 5.49. The van der Waals surface area contributed by atoms with Crippen molar-refractivity contribution in [3.05, 3.63) is 69.2 Å². The van der Waals surface area contributed by atoms with Gasteiger partial charge in [-0.3, -0.25) is 14.4 Å². The minimum absolute atomic E-state index is 0.0906. The second-order valence-corrected chi connectivity index (χ2v) is 9.88. The SMILES string of the molecule is C[C@H](c1ccc(C(=O)NCCC(=O)OC(C)(C)C)cc1)N1N=C(c2cc(Cl)cc(Cl)c2)CC1=O. The van der Waals surface area contributed by atoms with Gasteiger partial charge in [-0.1, -0.05) is 35.3 Å². The molecule has 9 heteroatoms. The number of hydrogen-bond acceptors (Lipinski definition) is 5. The topological polar surface area (TPSA) is 88.1 Å². The van der Waals surface area contributed by atoms with Crippen LogP contribution < -0.4 is 5.32 Å². The number of hydrazone groups is 1. The number of ether oxygens (including phenoxy) is 1. The lowest BCUT2D eigenvalue weighted by molar-refractivity contribution is -0.154. The summed E-state index contributed by atoms with van der Waals surface area (Å²) in [5, 5.41) is 9.59. The predicted molar refractivity (Wildman–Crippen MR) is 132 cm³/mol. The normalized spacial score (nSPS) is 14.6. The van der Waals surface area contributed by atoms with Crippen LogP contribution in [-0.2, 0) is 14.3 Å². The van der Waals surface area contributed by atoms with Crippen LogP contribution in [0.3, 0.4) is 0 Å². The first kappa shape index (κ1) is 25.7. The van der Waals surface area contributed by atoms with Gasteiger partial charge >= 0.3 is 5.97 Å². The highest BCUT2D eigenvalue weighted by molar-refractivity contribution is 6.35. The van der Waals surface area contributed by atoms with Gasteiger partial charge in [-0.15, -0.1) is 0 Å². The lowest BCUT2D eigenvalue weighted by Gasteiger charge is -2.21. The molecule has 0 spiro atoms. The van der Waals surface area contributed by atoms with Crippen molar-refractivity contribution in [3.63, 3.8) is 0 Å². The molecule has 0 aromatic heterocycles. The standard InChI is InChI=1S/C25H27Cl2N3O4/c1-15(30-22(31)14-21(29-30)18-11-19(26)13-20(27)12-18)16-5-7-17(8-6-16)24(33)28-10-9-23(32)34-25(2,3)4/h5-8,11-13,15H,9-10,14H2,1-4H3,(H,28,33)/t15-/m1/s1. The Morgan fingerprint density at radius 2 is 1.74 bits per heavy atom. The van der Waals surface area contributed by atoms with E-state index in [-0.39, 0.29) is 43.2 Å². The van der Waals surface area contributed by atoms with Gasteiger partial charge in [0.2, 0.25) is 5.91 Å². The molecule has 1 atom stereocenters. The van der Waals surface area contributed by atoms with E-state index in [1.165, 1.54) is 5.01 Å². The number of esters is 1. The van der Waals surface area contributed by atoms with Crippen LogP contribution in [0.15, 0.2) is 47.6 Å². The fraction of sp³-hybridized carbons (Fsp3) is 0.360. The zero-order valence-electron chi connectivity index (χ0n) is 19.5. The summed E-state index contributed by atoms with van der Waals surface area (Å²) in [6.45, 7) is 7.42. The zero-order chi connectivity index (χ0) is 25.0. The molecule has 1 aliphatic heterocycles. The molecule has 1 N–H and O–H groups in total. The van der Waals surface area contributed by atoms with Gasteiger partial charge in [0.05, 0.1) is 24.6 Å². The summed E-state index contributed by atoms with van der Waals surface area (Å²) in [4.78, 5) is 36.8. The van der Waals surface area contributed by atoms with Gasteiger partial charge in [0.15, 0.2) is 0 Å². The van der Waals surface area contributed by atoms with E-state index in [9.17, 15) is 14.4 Å². The number of halogens is 2. The monoisotopic (exact) mass is 503 g/mol. The van der Waals surface area contributed by atoms with E-state index in [1.807, 2.05) is 6.92 Å². The molecule has 0 radical (unpaired) electrons. The number of carbonyl (C=O) groups excluding carboxylic acids is 3. The molecule has 0 fully saturated rings. The van der Waals surface area contributed by atoms with Crippen molar-refractivity contribution in [3.8, 4) is 0 Å². The van der Waals surface area contributed by atoms with Gasteiger partial charge in [-0.05, 0) is 63.6 Å². The van der Waals surface area contributed by atoms with Crippen molar-refractivity contribution in [1.82, 2.24) is 10.3 Å². The Hall–Kier alpha value is -2.90. The molecular weight excluding hydrogens is 477 g/mol. The smallest absolute Gasteiger partial charge is 0.308 e. The maximum Gasteiger partial charge on any atom is 0.308 e. The van der Waals surface area contributed by atoms with Crippen LogP contribution in [-0.4, -0.2) is 40.7 Å². The van der Waals surface area contributed by atoms with Crippen molar-refractivity contribution >= 4 is 46.7 Å². The molecule has 2 aromatic rings. The van der Waals surface area contributed by atoms with Gasteiger partial charge in [0, 0.05) is 27.7 Å². The highest BCUT2D eigenvalue weighted by atomic mass is 35.5. The van der Waals surface area contributed by atoms with Crippen LogP contribution in [0.25, 0.3) is 0 Å². The van der Waals surface area contributed by atoms with Gasteiger partial charge in [-0.2, -0.15) is 5.10 Å². The van der Waals surface area contributed by atoms with Crippen molar-refractivity contribution in [2.45, 2.75) is 52.2 Å². The molecule has 0 saturated carbocycles. The summed E-state index contributed by atoms with van der Waals surface area (Å²) < 4.78 is 5.23. The zero-order valence-corrected chi connectivity index (χ0v) is 21.0. The number of amides is 2. The summed E-state index contributed by atoms with van der Waals surface area (Å²) >= 11 is 12.2. The lowest BCUT2D eigenvalue weighted by atomic mass is 10.0. The number of nitrogens with zero attached hydrogens (tertiary/aromatic N) is 2. The van der Waals surface area contributed by atoms with Gasteiger partial charge in [0.25, 0.3) is 5.91 Å². The summed E-state index contributed by atoms with van der Waals surface area (Å²) in [5.41, 5.74) is 2.02. The quantitative estimate of drug-likeness (QED) is 0.528. The van der Waals surface area contributed by atoms with Crippen molar-refractivity contribution in [1.29, 1.82) is 0 Å². The Bertz CT molecular complexity index is 1100. The van der Waals surface area contributed by atoms with E-state index in [4.69, 9.17) is 27.9 Å². The fourth-order valence-electron chi connectivity index (χ4n) is 3.46. The molecule has 1 heterocycles. The highest BCUT2D eigenvalue weighted by Crippen LogP contribution is 2.28. The minimum atomic E-state index is -0.559. The van der Waals surface area contributed by atoms with Crippen LogP contribution in [0.2, 0.25) is 10.0 Å². The Balaban J connectivity index is 1.61. The second kappa shape index (κ2) is 10.6. The van der Waals surface area contributed by atoms with Crippen molar-refractivity contribution in [2.24, 2.45) is 5.10 Å². The Morgan fingerprint density at radius 3 is 2.32 bits per heavy atom. The maximum atomic E-state index is 12.6. The van der Waals surface area contributed by atoms with Gasteiger partial charge in [-0.25, -0.2) is 5.01 Å². The van der Waals surface area contributed by atoms with Crippen LogP contribution in [0, 0.1) is 0 Å². The number of carbonyl (C=O) groups is 3. The molecule has 180 valence electrons. The Labute approximate surface area is 209 Å². The molecule has 0 aliphatic carbocycles. The molecule has 2 amide bonds. The molecule has 2 aromatic carbocycles. The Morgan fingerprint density at radius 1 is 1.12 bits per heavy atom. The molecule has 1 aliphatic rings. The number of hydrogen-bond donors (Lipinski definition) is 1. The highest BCUT2D eigenvalue weighted by Gasteiger charge is 2.29. The molecule has 0 saturated heterocycles. The minimum Gasteiger partial charge on any atom is -0.460 e. The van der Waals surface area contributed by atoms with E-state index < -0.39 is 5.60 Å². The molecule has 0 unspecified atom stereocenters. The number of nitrogens with one attached hydrogen (secondary N) is 1. The van der Waals surface area contributed by atoms with E-state index in [2.05, 4.69) is 10.4 Å². The van der Waals surface area contributed by atoms with E-state index in [0.717, 1.165) is 5.56 Å². The van der Waals surface area contributed by atoms with Crippen LogP contribution >= 0.6 is 23.2 Å². The first-order valence-corrected chi connectivity index (χ1v) is 11.6. The molecule has 3 rings (SSSR count). The van der Waals surface area contributed by atoms with E-state index in [1.54, 1.807) is 63.2 Å².